The fourth-order valence-electron chi connectivity index (χ4n) is 5.39. The number of hydrogen-bond acceptors (Lipinski definition) is 11. The van der Waals surface area contributed by atoms with Crippen LogP contribution in [0, 0.1) is 0 Å². The van der Waals surface area contributed by atoms with E-state index in [-0.39, 0.29) is 46.6 Å². The van der Waals surface area contributed by atoms with Crippen LogP contribution in [0.5, 0.6) is 11.5 Å². The summed E-state index contributed by atoms with van der Waals surface area (Å²) in [5.41, 5.74) is 0.680. The van der Waals surface area contributed by atoms with Crippen molar-refractivity contribution in [3.63, 3.8) is 0 Å². The molecule has 1 saturated carbocycles. The summed E-state index contributed by atoms with van der Waals surface area (Å²) in [4.78, 5) is 23.8. The van der Waals surface area contributed by atoms with E-state index in [1.54, 1.807) is 17.1 Å². The van der Waals surface area contributed by atoms with E-state index in [4.69, 9.17) is 9.47 Å². The number of ether oxygens (including phenoxy) is 2. The van der Waals surface area contributed by atoms with Crippen LogP contribution in [0.1, 0.15) is 42.0 Å². The van der Waals surface area contributed by atoms with Gasteiger partial charge in [-0.3, -0.25) is 9.48 Å². The lowest BCUT2D eigenvalue weighted by atomic mass is 9.86. The summed E-state index contributed by atoms with van der Waals surface area (Å²) in [7, 11) is 6.21. The van der Waals surface area contributed by atoms with Crippen molar-refractivity contribution in [1.29, 1.82) is 0 Å². The number of fused-ring (bicyclic) bond motifs is 1. The summed E-state index contributed by atoms with van der Waals surface area (Å²) in [6.07, 6.45) is 6.13. The first-order valence-corrected chi connectivity index (χ1v) is 15.2. The molecule has 48 heavy (non-hydrogen) atoms. The molecule has 1 aliphatic carbocycles. The van der Waals surface area contributed by atoms with Crippen LogP contribution in [0.15, 0.2) is 49.1 Å². The molecule has 1 N–H and O–H groups in total. The maximum Gasteiger partial charge on any atom is 0.387 e. The Hall–Kier alpha value is -5.10. The van der Waals surface area contributed by atoms with Crippen LogP contribution in [0.3, 0.4) is 0 Å². The predicted octanol–water partition coefficient (Wildman–Crippen LogP) is 3.37. The standard InChI is InChI=1S/C30H35F3N12O3/c1-18(31)47-21-6-7-25(48-30(32)33)22(14-21)27-24(36-29(46)23-15-35-44-9-5-8-34-28(23)44)16-43(39-27)17-26-37-40-45(38-26)20-12-19(13-20)42(4)11-10-41(2)3/h5-9,14-16,18-20,30H,10-13,17H2,1-4H3,(H,36,46). The van der Waals surface area contributed by atoms with Gasteiger partial charge in [-0.2, -0.15) is 23.8 Å². The van der Waals surface area contributed by atoms with Gasteiger partial charge in [0.2, 0.25) is 6.36 Å². The van der Waals surface area contributed by atoms with Gasteiger partial charge in [-0.05, 0) is 63.5 Å². The van der Waals surface area contributed by atoms with Gasteiger partial charge in [0, 0.05) is 44.6 Å². The number of alkyl halides is 3. The minimum Gasteiger partial charge on any atom is -0.461 e. The Labute approximate surface area is 273 Å². The van der Waals surface area contributed by atoms with Crippen molar-refractivity contribution in [2.45, 2.75) is 51.4 Å². The summed E-state index contributed by atoms with van der Waals surface area (Å²) in [5.74, 6) is -0.451. The number of anilines is 1. The van der Waals surface area contributed by atoms with Crippen LogP contribution >= 0.6 is 0 Å². The van der Waals surface area contributed by atoms with Crippen LogP contribution in [-0.4, -0.2) is 114 Å². The number of nitrogens with zero attached hydrogens (tertiary/aromatic N) is 11. The molecule has 18 heteroatoms. The van der Waals surface area contributed by atoms with Crippen molar-refractivity contribution >= 4 is 17.2 Å². The van der Waals surface area contributed by atoms with Gasteiger partial charge in [-0.15, -0.1) is 10.2 Å². The minimum atomic E-state index is -3.17. The van der Waals surface area contributed by atoms with Gasteiger partial charge in [0.25, 0.3) is 5.91 Å². The van der Waals surface area contributed by atoms with Crippen molar-refractivity contribution in [2.24, 2.45) is 0 Å². The first-order chi connectivity index (χ1) is 23.0. The van der Waals surface area contributed by atoms with Gasteiger partial charge < -0.3 is 24.6 Å². The van der Waals surface area contributed by atoms with Crippen molar-refractivity contribution in [3.8, 4) is 22.8 Å². The Kier molecular flexibility index (Phi) is 9.54. The van der Waals surface area contributed by atoms with E-state index >= 15 is 0 Å². The first-order valence-electron chi connectivity index (χ1n) is 15.2. The van der Waals surface area contributed by atoms with Crippen LogP contribution in [-0.2, 0) is 6.54 Å². The third kappa shape index (κ3) is 7.38. The number of benzene rings is 1. The smallest absolute Gasteiger partial charge is 0.387 e. The fourth-order valence-corrected chi connectivity index (χ4v) is 5.39. The molecule has 0 aliphatic heterocycles. The molecule has 1 fully saturated rings. The number of nitrogens with one attached hydrogen (secondary N) is 1. The number of rotatable bonds is 14. The molecule has 0 radical (unpaired) electrons. The molecule has 0 saturated heterocycles. The molecule has 1 aliphatic rings. The van der Waals surface area contributed by atoms with E-state index in [9.17, 15) is 18.0 Å². The van der Waals surface area contributed by atoms with Gasteiger partial charge >= 0.3 is 6.61 Å². The highest BCUT2D eigenvalue weighted by molar-refractivity contribution is 6.09. The third-order valence-electron chi connectivity index (χ3n) is 7.97. The maximum atomic E-state index is 13.7. The summed E-state index contributed by atoms with van der Waals surface area (Å²) >= 11 is 0. The number of tetrazole rings is 1. The summed E-state index contributed by atoms with van der Waals surface area (Å²) < 4.78 is 53.4. The average molecular weight is 669 g/mol. The second-order valence-electron chi connectivity index (χ2n) is 11.8. The quantitative estimate of drug-likeness (QED) is 0.186. The van der Waals surface area contributed by atoms with Gasteiger partial charge in [-0.25, -0.2) is 13.9 Å². The molecule has 4 aromatic heterocycles. The van der Waals surface area contributed by atoms with Crippen LogP contribution in [0.25, 0.3) is 16.9 Å². The lowest BCUT2D eigenvalue weighted by Gasteiger charge is -2.40. The monoisotopic (exact) mass is 668 g/mol. The fraction of sp³-hybridized carbons (Fsp3) is 0.433. The largest absolute Gasteiger partial charge is 0.461 e. The topological polar surface area (TPSA) is 146 Å². The lowest BCUT2D eigenvalue weighted by molar-refractivity contribution is -0.0495. The number of amides is 1. The molecule has 1 aromatic carbocycles. The van der Waals surface area contributed by atoms with Gasteiger partial charge in [0.15, 0.2) is 11.5 Å². The molecule has 4 heterocycles. The van der Waals surface area contributed by atoms with E-state index in [0.29, 0.717) is 17.5 Å². The van der Waals surface area contributed by atoms with Crippen molar-refractivity contribution in [3.05, 3.63) is 60.4 Å². The third-order valence-corrected chi connectivity index (χ3v) is 7.97. The molecular formula is C30H35F3N12O3. The van der Waals surface area contributed by atoms with E-state index < -0.39 is 18.9 Å². The number of halogens is 3. The minimum absolute atomic E-state index is 0.0241. The van der Waals surface area contributed by atoms with Crippen molar-refractivity contribution in [1.82, 2.24) is 54.4 Å². The number of hydrogen-bond donors (Lipinski definition) is 1. The van der Waals surface area contributed by atoms with E-state index in [0.717, 1.165) is 25.9 Å². The second kappa shape index (κ2) is 13.9. The number of likely N-dealkylation sites (N-methyl/N-ethyl adjacent to an activating group) is 2. The van der Waals surface area contributed by atoms with Crippen LogP contribution < -0.4 is 14.8 Å². The highest BCUT2D eigenvalue weighted by Crippen LogP contribution is 2.38. The highest BCUT2D eigenvalue weighted by Gasteiger charge is 2.35. The molecule has 0 spiro atoms. The normalized spacial score (nSPS) is 16.9. The van der Waals surface area contributed by atoms with E-state index in [1.165, 1.54) is 52.9 Å². The van der Waals surface area contributed by atoms with Crippen LogP contribution in [0.4, 0.5) is 18.9 Å². The predicted molar refractivity (Wildman–Crippen MR) is 167 cm³/mol. The zero-order valence-corrected chi connectivity index (χ0v) is 26.7. The van der Waals surface area contributed by atoms with Gasteiger partial charge in [0.1, 0.15) is 29.3 Å². The molecule has 1 amide bonds. The molecule has 1 atom stereocenters. The first kappa shape index (κ1) is 32.8. The Morgan fingerprint density at radius 3 is 2.69 bits per heavy atom. The second-order valence-corrected chi connectivity index (χ2v) is 11.8. The van der Waals surface area contributed by atoms with E-state index in [2.05, 4.69) is 52.8 Å². The summed E-state index contributed by atoms with van der Waals surface area (Å²) in [5, 5.41) is 24.5. The molecule has 1 unspecified atom stereocenters. The van der Waals surface area contributed by atoms with Crippen molar-refractivity contribution < 1.29 is 27.4 Å². The summed E-state index contributed by atoms with van der Waals surface area (Å²) in [6, 6.07) is 6.03. The Morgan fingerprint density at radius 2 is 1.94 bits per heavy atom. The molecule has 6 rings (SSSR count). The Morgan fingerprint density at radius 1 is 1.12 bits per heavy atom. The van der Waals surface area contributed by atoms with Gasteiger partial charge in [-0.1, -0.05) is 0 Å². The molecule has 5 aromatic rings. The Bertz CT molecular complexity index is 1870. The van der Waals surface area contributed by atoms with Crippen LogP contribution in [0.2, 0.25) is 0 Å². The zero-order chi connectivity index (χ0) is 33.9. The molecular weight excluding hydrogens is 633 g/mol. The SMILES string of the molecule is CC(F)Oc1ccc(OC(F)F)c(-c2nn(Cc3nnn(C4CC(N(C)CCN(C)C)C4)n3)cc2NC(=O)c2cnn3cccnc23)c1. The number of carbonyl (C=O) groups excluding carboxylic acids is 1. The maximum absolute atomic E-state index is 13.7. The molecule has 15 nitrogen and oxygen atoms in total. The molecule has 0 bridgehead atoms. The van der Waals surface area contributed by atoms with Gasteiger partial charge in [0.05, 0.1) is 23.5 Å². The highest BCUT2D eigenvalue weighted by atomic mass is 19.3. The number of aromatic nitrogens is 9. The zero-order valence-electron chi connectivity index (χ0n) is 26.7. The van der Waals surface area contributed by atoms with Crippen molar-refractivity contribution in [2.75, 3.05) is 39.5 Å². The molecule has 254 valence electrons. The summed E-state index contributed by atoms with van der Waals surface area (Å²) in [6.45, 7) is -0.0145. The average Bonchev–Trinajstić information content (AvgIpc) is 3.75. The van der Waals surface area contributed by atoms with E-state index in [1.807, 2.05) is 14.1 Å². The number of carbonyl (C=O) groups is 1. The lowest BCUT2D eigenvalue weighted by Crippen LogP contribution is -2.46. The Balaban J connectivity index is 1.28.